The minimum atomic E-state index is 0.352. The molecule has 5 nitrogen and oxygen atoms in total. The molecule has 110 valence electrons. The van der Waals surface area contributed by atoms with Crippen LogP contribution in [0.3, 0.4) is 0 Å². The molecule has 0 amide bonds. The van der Waals surface area contributed by atoms with Crippen LogP contribution in [-0.2, 0) is 0 Å². The summed E-state index contributed by atoms with van der Waals surface area (Å²) in [5.74, 6) is 0.457. The van der Waals surface area contributed by atoms with Gasteiger partial charge in [-0.2, -0.15) is 4.98 Å². The van der Waals surface area contributed by atoms with Crippen molar-refractivity contribution >= 4 is 29.2 Å². The number of thioether (sulfide) groups is 1. The Kier molecular flexibility index (Phi) is 5.08. The molecule has 0 atom stereocenters. The van der Waals surface area contributed by atoms with Crippen LogP contribution in [0.2, 0.25) is 0 Å². The summed E-state index contributed by atoms with van der Waals surface area (Å²) in [6.07, 6.45) is 5.41. The van der Waals surface area contributed by atoms with E-state index in [0.717, 1.165) is 16.8 Å². The lowest BCUT2D eigenvalue weighted by molar-refractivity contribution is 0.433. The summed E-state index contributed by atoms with van der Waals surface area (Å²) >= 11 is 6.67. The van der Waals surface area contributed by atoms with Gasteiger partial charge in [0.2, 0.25) is 5.88 Å². The van der Waals surface area contributed by atoms with Crippen molar-refractivity contribution in [3.8, 4) is 17.0 Å². The van der Waals surface area contributed by atoms with E-state index in [1.807, 2.05) is 39.4 Å². The maximum Gasteiger partial charge on any atom is 0.265 e. The first kappa shape index (κ1) is 15.7. The van der Waals surface area contributed by atoms with E-state index in [-0.39, 0.29) is 0 Å². The molecule has 0 radical (unpaired) electrons. The highest BCUT2D eigenvalue weighted by Crippen LogP contribution is 2.32. The van der Waals surface area contributed by atoms with Gasteiger partial charge in [-0.3, -0.25) is 4.98 Å². The van der Waals surface area contributed by atoms with Crippen LogP contribution in [0.5, 0.6) is 5.88 Å². The van der Waals surface area contributed by atoms with Crippen LogP contribution in [0.15, 0.2) is 29.7 Å². The Labute approximate surface area is 133 Å². The second-order valence-corrected chi connectivity index (χ2v) is 5.60. The monoisotopic (exact) mass is 320 g/mol. The van der Waals surface area contributed by atoms with E-state index in [1.165, 1.54) is 11.8 Å². The average molecular weight is 320 g/mol. The zero-order valence-electron chi connectivity index (χ0n) is 12.3. The van der Waals surface area contributed by atoms with E-state index in [9.17, 15) is 0 Å². The lowest BCUT2D eigenvalue weighted by Crippen LogP contribution is -2.25. The fourth-order valence-electron chi connectivity index (χ4n) is 1.70. The largest absolute Gasteiger partial charge is 0.412 e. The molecule has 0 aliphatic heterocycles. The fraction of sp³-hybridized carbons (Fsp3) is 0.286. The zero-order chi connectivity index (χ0) is 15.4. The van der Waals surface area contributed by atoms with Gasteiger partial charge in [0.25, 0.3) is 5.17 Å². The molecular formula is C14H16N4OS2. The van der Waals surface area contributed by atoms with Gasteiger partial charge in [-0.25, -0.2) is 4.98 Å². The quantitative estimate of drug-likeness (QED) is 0.489. The normalized spacial score (nSPS) is 10.3. The van der Waals surface area contributed by atoms with Gasteiger partial charge in [0, 0.05) is 32.1 Å². The van der Waals surface area contributed by atoms with Crippen LogP contribution >= 0.6 is 24.0 Å². The first-order valence-electron chi connectivity index (χ1n) is 6.25. The second kappa shape index (κ2) is 6.82. The molecule has 0 bridgehead atoms. The Morgan fingerprint density at radius 3 is 2.67 bits per heavy atom. The number of hydrogen-bond acceptors (Lipinski definition) is 6. The van der Waals surface area contributed by atoms with Crippen LogP contribution in [0.25, 0.3) is 11.1 Å². The second-order valence-electron chi connectivity index (χ2n) is 4.48. The third-order valence-corrected chi connectivity index (χ3v) is 3.71. The number of ether oxygens (including phenoxy) is 1. The molecule has 0 aliphatic carbocycles. The molecule has 0 unspecified atom stereocenters. The van der Waals surface area contributed by atoms with E-state index in [2.05, 4.69) is 15.0 Å². The molecule has 2 aromatic heterocycles. The zero-order valence-corrected chi connectivity index (χ0v) is 14.0. The number of aryl methyl sites for hydroxylation is 1. The standard InChI is InChI=1S/C14H16N4OS2/c1-9-11(10-6-5-7-15-8-10)12(17-13(16-9)21-4)19-14(20)18(2)3/h5-8H,1-4H3. The molecule has 7 heteroatoms. The first-order valence-corrected chi connectivity index (χ1v) is 7.88. The highest BCUT2D eigenvalue weighted by atomic mass is 32.2. The molecule has 0 saturated heterocycles. The third-order valence-electron chi connectivity index (χ3n) is 2.72. The number of aromatic nitrogens is 3. The number of hydrogen-bond donors (Lipinski definition) is 0. The Morgan fingerprint density at radius 1 is 1.33 bits per heavy atom. The summed E-state index contributed by atoms with van der Waals surface area (Å²) in [7, 11) is 3.66. The Morgan fingerprint density at radius 2 is 2.10 bits per heavy atom. The third kappa shape index (κ3) is 3.68. The van der Waals surface area contributed by atoms with Gasteiger partial charge in [0.05, 0.1) is 11.3 Å². The molecule has 2 aromatic rings. The summed E-state index contributed by atoms with van der Waals surface area (Å²) in [6.45, 7) is 1.93. The predicted octanol–water partition coefficient (Wildman–Crippen LogP) is 2.79. The van der Waals surface area contributed by atoms with Crippen molar-refractivity contribution in [2.45, 2.75) is 12.1 Å². The lowest BCUT2D eigenvalue weighted by Gasteiger charge is -2.17. The molecule has 0 N–H and O–H groups in total. The number of nitrogens with zero attached hydrogens (tertiary/aromatic N) is 4. The Balaban J connectivity index is 2.54. The summed E-state index contributed by atoms with van der Waals surface area (Å²) in [5, 5.41) is 1.00. The van der Waals surface area contributed by atoms with E-state index >= 15 is 0 Å². The molecule has 0 fully saturated rings. The molecule has 0 aliphatic rings. The minimum absolute atomic E-state index is 0.352. The average Bonchev–Trinajstić information content (AvgIpc) is 2.47. The smallest absolute Gasteiger partial charge is 0.265 e. The maximum atomic E-state index is 5.75. The van der Waals surface area contributed by atoms with Gasteiger partial charge in [0.15, 0.2) is 5.16 Å². The van der Waals surface area contributed by atoms with Gasteiger partial charge in [-0.15, -0.1) is 0 Å². The van der Waals surface area contributed by atoms with Crippen LogP contribution in [0.4, 0.5) is 0 Å². The van der Waals surface area contributed by atoms with E-state index in [0.29, 0.717) is 16.2 Å². The fourth-order valence-corrected chi connectivity index (χ4v) is 2.19. The molecule has 0 saturated carbocycles. The van der Waals surface area contributed by atoms with Crippen molar-refractivity contribution in [3.63, 3.8) is 0 Å². The van der Waals surface area contributed by atoms with Crippen molar-refractivity contribution in [2.24, 2.45) is 0 Å². The van der Waals surface area contributed by atoms with Crippen LogP contribution in [0, 0.1) is 6.92 Å². The molecule has 21 heavy (non-hydrogen) atoms. The number of rotatable bonds is 3. The van der Waals surface area contributed by atoms with Crippen molar-refractivity contribution in [2.75, 3.05) is 20.4 Å². The lowest BCUT2D eigenvalue weighted by atomic mass is 10.1. The summed E-state index contributed by atoms with van der Waals surface area (Å²) in [4.78, 5) is 14.8. The van der Waals surface area contributed by atoms with E-state index in [4.69, 9.17) is 17.0 Å². The molecule has 2 rings (SSSR count). The van der Waals surface area contributed by atoms with Gasteiger partial charge in [0.1, 0.15) is 0 Å². The van der Waals surface area contributed by atoms with Crippen molar-refractivity contribution < 1.29 is 4.74 Å². The Bertz CT molecular complexity index is 647. The topological polar surface area (TPSA) is 51.1 Å². The predicted molar refractivity (Wildman–Crippen MR) is 88.7 cm³/mol. The van der Waals surface area contributed by atoms with Crippen LogP contribution < -0.4 is 4.74 Å². The van der Waals surface area contributed by atoms with E-state index < -0.39 is 0 Å². The van der Waals surface area contributed by atoms with Crippen molar-refractivity contribution in [1.29, 1.82) is 0 Å². The van der Waals surface area contributed by atoms with Gasteiger partial charge in [-0.05, 0) is 31.5 Å². The summed E-state index contributed by atoms with van der Waals surface area (Å²) < 4.78 is 5.75. The number of pyridine rings is 1. The molecule has 2 heterocycles. The molecule has 0 aromatic carbocycles. The Hall–Kier alpha value is -1.73. The number of thiocarbonyl (C=S) groups is 1. The van der Waals surface area contributed by atoms with Crippen molar-refractivity contribution in [1.82, 2.24) is 19.9 Å². The minimum Gasteiger partial charge on any atom is -0.412 e. The highest BCUT2D eigenvalue weighted by Gasteiger charge is 2.17. The maximum absolute atomic E-state index is 5.75. The van der Waals surface area contributed by atoms with Gasteiger partial charge in [-0.1, -0.05) is 17.8 Å². The van der Waals surface area contributed by atoms with Gasteiger partial charge < -0.3 is 9.64 Å². The van der Waals surface area contributed by atoms with E-state index in [1.54, 1.807) is 17.3 Å². The van der Waals surface area contributed by atoms with Crippen LogP contribution in [0.1, 0.15) is 5.69 Å². The summed E-state index contributed by atoms with van der Waals surface area (Å²) in [5.41, 5.74) is 2.54. The first-order chi connectivity index (χ1) is 10.0. The molecule has 0 spiro atoms. The van der Waals surface area contributed by atoms with Gasteiger partial charge >= 0.3 is 0 Å². The van der Waals surface area contributed by atoms with Crippen LogP contribution in [-0.4, -0.2) is 45.4 Å². The highest BCUT2D eigenvalue weighted by molar-refractivity contribution is 7.98. The molecular weight excluding hydrogens is 304 g/mol. The van der Waals surface area contributed by atoms with Crippen molar-refractivity contribution in [3.05, 3.63) is 30.2 Å². The summed E-state index contributed by atoms with van der Waals surface area (Å²) in [6, 6.07) is 3.81. The SMILES string of the molecule is CSc1nc(C)c(-c2cccnc2)c(OC(=S)N(C)C)n1.